The summed E-state index contributed by atoms with van der Waals surface area (Å²) in [7, 11) is 0. The standard InChI is InChI=1S/C17H27ClN2O4/c1-6-7-13(8-11(2)18)15(23)20-12(3)9-19-16(24)14(22)17(4,5)10-21/h6-8,12,14,21-22H,2,9-10H2,1,3-5H3,(H,19,24)(H,20,23)/b7-6-,13-8+. The molecule has 136 valence electrons. The van der Waals surface area contributed by atoms with E-state index in [2.05, 4.69) is 17.2 Å². The zero-order valence-corrected chi connectivity index (χ0v) is 15.4. The van der Waals surface area contributed by atoms with Crippen molar-refractivity contribution in [2.24, 2.45) is 5.41 Å². The van der Waals surface area contributed by atoms with Gasteiger partial charge in [0.1, 0.15) is 6.10 Å². The minimum Gasteiger partial charge on any atom is -0.396 e. The van der Waals surface area contributed by atoms with E-state index in [-0.39, 0.29) is 30.1 Å². The van der Waals surface area contributed by atoms with Crippen LogP contribution in [0.3, 0.4) is 0 Å². The number of nitrogens with one attached hydrogen (secondary N) is 2. The summed E-state index contributed by atoms with van der Waals surface area (Å²) in [5, 5.41) is 24.5. The first-order valence-electron chi connectivity index (χ1n) is 7.61. The number of aliphatic hydroxyl groups is 2. The molecule has 0 spiro atoms. The molecule has 0 aliphatic carbocycles. The highest BCUT2D eigenvalue weighted by molar-refractivity contribution is 6.31. The molecule has 4 N–H and O–H groups in total. The normalized spacial score (nSPS) is 15.0. The number of aliphatic hydroxyl groups excluding tert-OH is 2. The van der Waals surface area contributed by atoms with Crippen molar-refractivity contribution in [1.82, 2.24) is 10.6 Å². The molecule has 0 aromatic rings. The summed E-state index contributed by atoms with van der Waals surface area (Å²) in [6.45, 7) is 9.97. The maximum Gasteiger partial charge on any atom is 0.251 e. The van der Waals surface area contributed by atoms with Gasteiger partial charge in [-0.3, -0.25) is 9.59 Å². The third-order valence-electron chi connectivity index (χ3n) is 3.28. The van der Waals surface area contributed by atoms with Gasteiger partial charge in [-0.05, 0) is 19.9 Å². The Balaban J connectivity index is 4.64. The summed E-state index contributed by atoms with van der Waals surface area (Å²) in [4.78, 5) is 24.0. The van der Waals surface area contributed by atoms with Gasteiger partial charge >= 0.3 is 0 Å². The van der Waals surface area contributed by atoms with Gasteiger partial charge in [-0.15, -0.1) is 0 Å². The van der Waals surface area contributed by atoms with E-state index in [0.717, 1.165) is 0 Å². The first-order valence-corrected chi connectivity index (χ1v) is 7.99. The van der Waals surface area contributed by atoms with Crippen LogP contribution in [0.2, 0.25) is 0 Å². The van der Waals surface area contributed by atoms with Gasteiger partial charge in [0.2, 0.25) is 5.91 Å². The molecule has 7 heteroatoms. The summed E-state index contributed by atoms with van der Waals surface area (Å²) < 4.78 is 0. The fraction of sp³-hybridized carbons (Fsp3) is 0.529. The van der Waals surface area contributed by atoms with Crippen LogP contribution in [0.4, 0.5) is 0 Å². The second kappa shape index (κ2) is 10.3. The Labute approximate surface area is 148 Å². The average Bonchev–Trinajstić information content (AvgIpc) is 2.50. The van der Waals surface area contributed by atoms with Crippen molar-refractivity contribution in [3.05, 3.63) is 35.4 Å². The van der Waals surface area contributed by atoms with Gasteiger partial charge in [-0.2, -0.15) is 0 Å². The molecule has 0 fully saturated rings. The lowest BCUT2D eigenvalue weighted by atomic mass is 9.87. The molecule has 0 aliphatic heterocycles. The third-order valence-corrected chi connectivity index (χ3v) is 3.39. The molecule has 0 bridgehead atoms. The predicted octanol–water partition coefficient (Wildman–Crippen LogP) is 1.24. The van der Waals surface area contributed by atoms with Crippen molar-refractivity contribution in [2.75, 3.05) is 13.2 Å². The van der Waals surface area contributed by atoms with Gasteiger partial charge in [-0.25, -0.2) is 0 Å². The largest absolute Gasteiger partial charge is 0.396 e. The molecule has 0 heterocycles. The summed E-state index contributed by atoms with van der Waals surface area (Å²) in [5.74, 6) is -0.957. The molecule has 0 aromatic carbocycles. The number of hydrogen-bond acceptors (Lipinski definition) is 4. The molecule has 0 saturated carbocycles. The Morgan fingerprint density at radius 1 is 1.38 bits per heavy atom. The minimum atomic E-state index is -1.34. The van der Waals surface area contributed by atoms with Crippen molar-refractivity contribution < 1.29 is 19.8 Å². The van der Waals surface area contributed by atoms with Gasteiger partial charge in [0, 0.05) is 28.6 Å². The summed E-state index contributed by atoms with van der Waals surface area (Å²) in [5.41, 5.74) is -0.601. The Hall–Kier alpha value is -1.63. The van der Waals surface area contributed by atoms with Crippen molar-refractivity contribution in [3.63, 3.8) is 0 Å². The summed E-state index contributed by atoms with van der Waals surface area (Å²) >= 11 is 5.69. The van der Waals surface area contributed by atoms with E-state index >= 15 is 0 Å². The molecule has 0 saturated heterocycles. The Morgan fingerprint density at radius 3 is 2.42 bits per heavy atom. The third kappa shape index (κ3) is 7.77. The molecule has 24 heavy (non-hydrogen) atoms. The lowest BCUT2D eigenvalue weighted by Crippen LogP contribution is -2.49. The van der Waals surface area contributed by atoms with Gasteiger partial charge in [0.15, 0.2) is 0 Å². The number of halogens is 1. The smallest absolute Gasteiger partial charge is 0.251 e. The van der Waals surface area contributed by atoms with Crippen LogP contribution in [0, 0.1) is 5.41 Å². The maximum atomic E-state index is 12.1. The van der Waals surface area contributed by atoms with Gasteiger partial charge in [-0.1, -0.05) is 44.2 Å². The fourth-order valence-electron chi connectivity index (χ4n) is 1.69. The van der Waals surface area contributed by atoms with E-state index in [1.807, 2.05) is 0 Å². The number of hydrogen-bond donors (Lipinski definition) is 4. The quantitative estimate of drug-likeness (QED) is 0.368. The second-order valence-corrected chi connectivity index (χ2v) is 6.70. The van der Waals surface area contributed by atoms with Gasteiger partial charge < -0.3 is 20.8 Å². The highest BCUT2D eigenvalue weighted by atomic mass is 35.5. The van der Waals surface area contributed by atoms with E-state index < -0.39 is 17.4 Å². The van der Waals surface area contributed by atoms with Crippen molar-refractivity contribution in [3.8, 4) is 0 Å². The lowest BCUT2D eigenvalue weighted by molar-refractivity contribution is -0.137. The van der Waals surface area contributed by atoms with Crippen LogP contribution in [0.15, 0.2) is 35.4 Å². The summed E-state index contributed by atoms with van der Waals surface area (Å²) in [6.07, 6.45) is 3.39. The molecule has 0 rings (SSSR count). The molecule has 6 nitrogen and oxygen atoms in total. The van der Waals surface area contributed by atoms with E-state index in [4.69, 9.17) is 16.7 Å². The predicted molar refractivity (Wildman–Crippen MR) is 95.4 cm³/mol. The van der Waals surface area contributed by atoms with Crippen LogP contribution in [0.5, 0.6) is 0 Å². The first-order chi connectivity index (χ1) is 11.0. The fourth-order valence-corrected chi connectivity index (χ4v) is 1.81. The number of allylic oxidation sites excluding steroid dienone is 3. The van der Waals surface area contributed by atoms with Crippen LogP contribution >= 0.6 is 11.6 Å². The van der Waals surface area contributed by atoms with Gasteiger partial charge in [0.25, 0.3) is 5.91 Å². The number of carbonyl (C=O) groups excluding carboxylic acids is 2. The first kappa shape index (κ1) is 22.4. The topological polar surface area (TPSA) is 98.7 Å². The van der Waals surface area contributed by atoms with Crippen LogP contribution in [-0.2, 0) is 9.59 Å². The zero-order chi connectivity index (χ0) is 18.9. The van der Waals surface area contributed by atoms with Crippen molar-refractivity contribution in [1.29, 1.82) is 0 Å². The number of rotatable bonds is 9. The van der Waals surface area contributed by atoms with E-state index in [0.29, 0.717) is 5.57 Å². The molecular weight excluding hydrogens is 332 g/mol. The molecule has 2 unspecified atom stereocenters. The Kier molecular flexibility index (Phi) is 9.58. The highest BCUT2D eigenvalue weighted by Crippen LogP contribution is 2.19. The van der Waals surface area contributed by atoms with Crippen molar-refractivity contribution >= 4 is 23.4 Å². The molecule has 0 radical (unpaired) electrons. The average molecular weight is 359 g/mol. The number of carbonyl (C=O) groups is 2. The molecule has 0 aromatic heterocycles. The van der Waals surface area contributed by atoms with Crippen LogP contribution in [-0.4, -0.2) is 47.3 Å². The monoisotopic (exact) mass is 358 g/mol. The van der Waals surface area contributed by atoms with Crippen LogP contribution in [0.25, 0.3) is 0 Å². The van der Waals surface area contributed by atoms with Crippen LogP contribution < -0.4 is 10.6 Å². The van der Waals surface area contributed by atoms with Gasteiger partial charge in [0.05, 0.1) is 6.61 Å². The molecule has 2 amide bonds. The summed E-state index contributed by atoms with van der Waals surface area (Å²) in [6, 6.07) is -0.372. The van der Waals surface area contributed by atoms with E-state index in [1.54, 1.807) is 39.8 Å². The second-order valence-electron chi connectivity index (χ2n) is 6.22. The SMILES string of the molecule is C=C(Cl)/C=C(\C=C/C)C(=O)NC(C)CNC(=O)C(O)C(C)(C)CO. The lowest BCUT2D eigenvalue weighted by Gasteiger charge is -2.27. The van der Waals surface area contributed by atoms with E-state index in [9.17, 15) is 14.7 Å². The molecule has 2 atom stereocenters. The highest BCUT2D eigenvalue weighted by Gasteiger charge is 2.32. The number of amides is 2. The maximum absolute atomic E-state index is 12.1. The van der Waals surface area contributed by atoms with Crippen LogP contribution in [0.1, 0.15) is 27.7 Å². The van der Waals surface area contributed by atoms with E-state index in [1.165, 1.54) is 6.08 Å². The van der Waals surface area contributed by atoms with Crippen molar-refractivity contribution in [2.45, 2.75) is 39.8 Å². The Bertz CT molecular complexity index is 527. The minimum absolute atomic E-state index is 0.133. The molecule has 0 aliphatic rings. The molecular formula is C17H27ClN2O4. The Morgan fingerprint density at radius 2 is 1.96 bits per heavy atom. The zero-order valence-electron chi connectivity index (χ0n) is 14.6.